The minimum Gasteiger partial charge on any atom is -0.476 e. The molecule has 11 heteroatoms. The molecule has 0 saturated heterocycles. The number of carboxylic acids is 1. The molecule has 114 valence electrons. The number of aromatic carboxylic acids is 1. The lowest BCUT2D eigenvalue weighted by Crippen LogP contribution is -2.39. The van der Waals surface area contributed by atoms with Gasteiger partial charge in [0.2, 0.25) is 0 Å². The number of carbonyl (C=O) groups is 1. The highest BCUT2D eigenvalue weighted by molar-refractivity contribution is 7.91. The number of hydrogen-bond acceptors (Lipinski definition) is 5. The fraction of sp³-hybridized carbons (Fsp3) is 0.556. The lowest BCUT2D eigenvalue weighted by molar-refractivity contribution is -0.136. The summed E-state index contributed by atoms with van der Waals surface area (Å²) in [4.78, 5) is 14.2. The van der Waals surface area contributed by atoms with Gasteiger partial charge in [-0.2, -0.15) is 17.5 Å². The summed E-state index contributed by atoms with van der Waals surface area (Å²) >= 11 is 0.476. The normalized spacial score (nSPS) is 12.8. The third-order valence-corrected chi connectivity index (χ3v) is 5.33. The first kappa shape index (κ1) is 16.9. The molecule has 0 spiro atoms. The van der Waals surface area contributed by atoms with E-state index >= 15 is 0 Å². The first-order chi connectivity index (χ1) is 9.09. The molecule has 0 atom stereocenters. The molecule has 1 heterocycles. The second-order valence-corrected chi connectivity index (χ2v) is 6.74. The Kier molecular flexibility index (Phi) is 5.10. The van der Waals surface area contributed by atoms with Crippen LogP contribution in [-0.2, 0) is 10.0 Å². The predicted octanol–water partition coefficient (Wildman–Crippen LogP) is 1.80. The molecule has 0 aliphatic heterocycles. The van der Waals surface area contributed by atoms with Gasteiger partial charge in [0.15, 0.2) is 9.90 Å². The topological polar surface area (TPSA) is 87.6 Å². The van der Waals surface area contributed by atoms with Crippen LogP contribution >= 0.6 is 11.3 Å². The van der Waals surface area contributed by atoms with Crippen LogP contribution in [0.25, 0.3) is 0 Å². The highest BCUT2D eigenvalue weighted by Gasteiger charge is 2.39. The van der Waals surface area contributed by atoms with Crippen LogP contribution < -0.4 is 0 Å². The van der Waals surface area contributed by atoms with Crippen molar-refractivity contribution >= 4 is 27.3 Å². The Hall–Kier alpha value is -1.20. The van der Waals surface area contributed by atoms with Crippen LogP contribution in [0, 0.1) is 0 Å². The average molecular weight is 332 g/mol. The number of sulfonamides is 1. The molecular weight excluding hydrogens is 321 g/mol. The van der Waals surface area contributed by atoms with Crippen LogP contribution in [0.5, 0.6) is 0 Å². The number of aromatic nitrogens is 1. The zero-order chi connectivity index (χ0) is 15.6. The van der Waals surface area contributed by atoms with Crippen molar-refractivity contribution in [2.75, 3.05) is 13.1 Å². The van der Waals surface area contributed by atoms with Gasteiger partial charge in [0.25, 0.3) is 10.0 Å². The molecule has 0 fully saturated rings. The summed E-state index contributed by atoms with van der Waals surface area (Å²) in [5, 5.41) is 8.80. The maximum Gasteiger partial charge on any atom is 0.402 e. The van der Waals surface area contributed by atoms with Gasteiger partial charge in [0.05, 0.1) is 5.51 Å². The summed E-state index contributed by atoms with van der Waals surface area (Å²) in [5.41, 5.74) is 0.201. The van der Waals surface area contributed by atoms with Crippen molar-refractivity contribution < 1.29 is 31.5 Å². The highest BCUT2D eigenvalue weighted by atomic mass is 32.2. The van der Waals surface area contributed by atoms with E-state index in [0.717, 1.165) is 5.51 Å². The number of halogens is 3. The van der Waals surface area contributed by atoms with Gasteiger partial charge in [0.1, 0.15) is 6.54 Å². The maximum atomic E-state index is 12.4. The van der Waals surface area contributed by atoms with Crippen molar-refractivity contribution in [3.63, 3.8) is 0 Å². The Bertz CT molecular complexity index is 582. The number of carboxylic acid groups (broad SMARTS) is 1. The molecule has 0 bridgehead atoms. The van der Waals surface area contributed by atoms with Gasteiger partial charge in [-0.05, 0) is 6.42 Å². The van der Waals surface area contributed by atoms with Gasteiger partial charge in [-0.3, -0.25) is 0 Å². The lowest BCUT2D eigenvalue weighted by atomic mass is 10.5. The molecule has 1 aromatic heterocycles. The molecule has 1 aromatic rings. The zero-order valence-corrected chi connectivity index (χ0v) is 11.8. The summed E-state index contributed by atoms with van der Waals surface area (Å²) in [6, 6.07) is 0. The minimum atomic E-state index is -4.71. The summed E-state index contributed by atoms with van der Waals surface area (Å²) in [6.45, 7) is -0.511. The summed E-state index contributed by atoms with van der Waals surface area (Å²) in [6.07, 6.45) is -4.55. The van der Waals surface area contributed by atoms with Crippen molar-refractivity contribution in [3.8, 4) is 0 Å². The Balaban J connectivity index is 3.23. The summed E-state index contributed by atoms with van der Waals surface area (Å²) < 4.78 is 61.0. The largest absolute Gasteiger partial charge is 0.476 e. The molecule has 1 N–H and O–H groups in total. The first-order valence-electron chi connectivity index (χ1n) is 5.33. The van der Waals surface area contributed by atoms with Crippen LogP contribution in [0.15, 0.2) is 9.72 Å². The molecule has 0 aromatic carbocycles. The Morgan fingerprint density at radius 3 is 2.55 bits per heavy atom. The second kappa shape index (κ2) is 6.06. The third-order valence-electron chi connectivity index (χ3n) is 2.14. The van der Waals surface area contributed by atoms with Gasteiger partial charge in [-0.25, -0.2) is 18.2 Å². The minimum absolute atomic E-state index is 0.163. The predicted molar refractivity (Wildman–Crippen MR) is 64.2 cm³/mol. The Morgan fingerprint density at radius 2 is 2.10 bits per heavy atom. The van der Waals surface area contributed by atoms with Crippen molar-refractivity contribution in [2.24, 2.45) is 0 Å². The number of rotatable bonds is 6. The van der Waals surface area contributed by atoms with E-state index in [0.29, 0.717) is 11.3 Å². The molecule has 0 aliphatic carbocycles. The van der Waals surface area contributed by atoms with Crippen LogP contribution in [0.1, 0.15) is 23.8 Å². The fourth-order valence-electron chi connectivity index (χ4n) is 1.41. The van der Waals surface area contributed by atoms with Gasteiger partial charge >= 0.3 is 12.1 Å². The molecule has 1 rings (SSSR count). The number of hydrogen-bond donors (Lipinski definition) is 1. The van der Waals surface area contributed by atoms with E-state index in [1.54, 1.807) is 0 Å². The highest BCUT2D eigenvalue weighted by Crippen LogP contribution is 2.27. The molecule has 0 saturated carbocycles. The van der Waals surface area contributed by atoms with E-state index in [2.05, 4.69) is 4.98 Å². The van der Waals surface area contributed by atoms with Crippen molar-refractivity contribution in [1.82, 2.24) is 9.29 Å². The molecule has 0 amide bonds. The molecule has 0 radical (unpaired) electrons. The Labute approximate surface area is 116 Å². The molecule has 0 aliphatic rings. The SMILES string of the molecule is CCCN(CC(F)(F)F)S(=O)(=O)c1scnc1C(=O)O. The summed E-state index contributed by atoms with van der Waals surface area (Å²) in [7, 11) is -4.54. The fourth-order valence-corrected chi connectivity index (χ4v) is 4.21. The average Bonchev–Trinajstić information content (AvgIpc) is 2.76. The smallest absolute Gasteiger partial charge is 0.402 e. The van der Waals surface area contributed by atoms with Gasteiger partial charge in [-0.15, -0.1) is 11.3 Å². The van der Waals surface area contributed by atoms with Crippen LogP contribution in [0.4, 0.5) is 13.2 Å². The standard InChI is InChI=1S/C9H11F3N2O4S2/c1-2-3-14(4-9(10,11)12)20(17,18)8-6(7(15)16)13-5-19-8/h5H,2-4H2,1H3,(H,15,16). The quantitative estimate of drug-likeness (QED) is 0.858. The van der Waals surface area contributed by atoms with Crippen LogP contribution in [0.3, 0.4) is 0 Å². The van der Waals surface area contributed by atoms with Gasteiger partial charge in [0, 0.05) is 6.54 Å². The van der Waals surface area contributed by atoms with Crippen LogP contribution in [0.2, 0.25) is 0 Å². The molecule has 0 unspecified atom stereocenters. The molecular formula is C9H11F3N2O4S2. The monoisotopic (exact) mass is 332 g/mol. The van der Waals surface area contributed by atoms with E-state index in [4.69, 9.17) is 5.11 Å². The molecule has 20 heavy (non-hydrogen) atoms. The van der Waals surface area contributed by atoms with Crippen molar-refractivity contribution in [2.45, 2.75) is 23.7 Å². The number of thiazole rings is 1. The summed E-state index contributed by atoms with van der Waals surface area (Å²) in [5.74, 6) is -1.60. The Morgan fingerprint density at radius 1 is 1.50 bits per heavy atom. The van der Waals surface area contributed by atoms with Gasteiger partial charge < -0.3 is 5.11 Å². The van der Waals surface area contributed by atoms with E-state index in [1.165, 1.54) is 6.92 Å². The molecule has 6 nitrogen and oxygen atoms in total. The lowest BCUT2D eigenvalue weighted by Gasteiger charge is -2.22. The van der Waals surface area contributed by atoms with Crippen LogP contribution in [-0.4, -0.2) is 48.0 Å². The maximum absolute atomic E-state index is 12.4. The van der Waals surface area contributed by atoms with Crippen molar-refractivity contribution in [3.05, 3.63) is 11.2 Å². The van der Waals surface area contributed by atoms with Gasteiger partial charge in [-0.1, -0.05) is 6.92 Å². The first-order valence-corrected chi connectivity index (χ1v) is 7.65. The van der Waals surface area contributed by atoms with E-state index < -0.39 is 38.6 Å². The number of alkyl halides is 3. The van der Waals surface area contributed by atoms with E-state index in [1.807, 2.05) is 0 Å². The number of nitrogens with zero attached hydrogens (tertiary/aromatic N) is 2. The van der Waals surface area contributed by atoms with Crippen molar-refractivity contribution in [1.29, 1.82) is 0 Å². The third kappa shape index (κ3) is 3.90. The van der Waals surface area contributed by atoms with E-state index in [-0.39, 0.29) is 17.3 Å². The zero-order valence-electron chi connectivity index (χ0n) is 10.2. The second-order valence-electron chi connectivity index (χ2n) is 3.75. The van der Waals surface area contributed by atoms with E-state index in [9.17, 15) is 26.4 Å².